The highest BCUT2D eigenvalue weighted by Crippen LogP contribution is 2.19. The van der Waals surface area contributed by atoms with Crippen LogP contribution in [0.5, 0.6) is 0 Å². The third-order valence-corrected chi connectivity index (χ3v) is 3.30. The zero-order chi connectivity index (χ0) is 14.5. The maximum absolute atomic E-state index is 11.7. The number of carbonyl (C=O) groups is 2. The van der Waals surface area contributed by atoms with Gasteiger partial charge < -0.3 is 0 Å². The van der Waals surface area contributed by atoms with E-state index in [2.05, 4.69) is 28.1 Å². The number of hydrogen-bond donors (Lipinski definition) is 2. The molecule has 0 unspecified atom stereocenters. The normalized spacial score (nSPS) is 17.2. The van der Waals surface area contributed by atoms with Crippen LogP contribution in [-0.4, -0.2) is 21.6 Å². The van der Waals surface area contributed by atoms with Crippen molar-refractivity contribution >= 4 is 11.8 Å². The van der Waals surface area contributed by atoms with Gasteiger partial charge in [-0.2, -0.15) is 5.10 Å². The monoisotopic (exact) mass is 276 g/mol. The summed E-state index contributed by atoms with van der Waals surface area (Å²) in [5.41, 5.74) is 6.64. The molecule has 6 nitrogen and oxygen atoms in total. The van der Waals surface area contributed by atoms with Crippen LogP contribution in [0.15, 0.2) is 18.2 Å². The molecule has 2 amide bonds. The van der Waals surface area contributed by atoms with E-state index in [1.807, 2.05) is 19.9 Å². The van der Waals surface area contributed by atoms with Gasteiger partial charge in [-0.1, -0.05) is 12.2 Å². The Balaban J connectivity index is 1.73. The summed E-state index contributed by atoms with van der Waals surface area (Å²) in [4.78, 5) is 23.4. The molecule has 0 saturated carbocycles. The first-order valence-corrected chi connectivity index (χ1v) is 6.80. The predicted octanol–water partition coefficient (Wildman–Crippen LogP) is 1.00. The molecule has 0 spiro atoms. The first-order chi connectivity index (χ1) is 9.54. The Hall–Kier alpha value is -2.11. The Morgan fingerprint density at radius 1 is 1.35 bits per heavy atom. The third kappa shape index (κ3) is 3.94. The first kappa shape index (κ1) is 14.3. The van der Waals surface area contributed by atoms with Gasteiger partial charge in [-0.05, 0) is 38.7 Å². The van der Waals surface area contributed by atoms with Crippen LogP contribution in [0.4, 0.5) is 0 Å². The van der Waals surface area contributed by atoms with Crippen LogP contribution in [0, 0.1) is 19.8 Å². The molecule has 6 heteroatoms. The fraction of sp³-hybridized carbons (Fsp3) is 0.500. The molecule has 2 rings (SSSR count). The lowest BCUT2D eigenvalue weighted by Crippen LogP contribution is -2.43. The number of rotatable bonds is 4. The number of aryl methyl sites for hydroxylation is 2. The highest BCUT2D eigenvalue weighted by Gasteiger charge is 2.14. The van der Waals surface area contributed by atoms with Crippen molar-refractivity contribution in [2.24, 2.45) is 5.92 Å². The van der Waals surface area contributed by atoms with Crippen molar-refractivity contribution in [3.05, 3.63) is 29.6 Å². The van der Waals surface area contributed by atoms with Crippen molar-refractivity contribution in [3.63, 3.8) is 0 Å². The van der Waals surface area contributed by atoms with Crippen LogP contribution in [0.3, 0.4) is 0 Å². The molecule has 0 saturated heterocycles. The van der Waals surface area contributed by atoms with E-state index in [9.17, 15) is 9.59 Å². The zero-order valence-electron chi connectivity index (χ0n) is 11.8. The number of hydrogen-bond acceptors (Lipinski definition) is 3. The standard InChI is InChI=1S/C14H20N4O2/c1-10-7-11(2)18(17-10)9-14(20)16-15-13(19)8-12-5-3-4-6-12/h3,5,7,12H,4,6,8-9H2,1-2H3,(H,15,19)(H,16,20)/t12-/m1/s1. The number of nitrogens with zero attached hydrogens (tertiary/aromatic N) is 2. The molecule has 1 aromatic rings. The fourth-order valence-electron chi connectivity index (χ4n) is 2.30. The van der Waals surface area contributed by atoms with Crippen LogP contribution in [-0.2, 0) is 16.1 Å². The van der Waals surface area contributed by atoms with Crippen molar-refractivity contribution in [1.29, 1.82) is 0 Å². The number of hydrazine groups is 1. The number of carbonyl (C=O) groups excluding carboxylic acids is 2. The van der Waals surface area contributed by atoms with Gasteiger partial charge in [0.05, 0.1) is 5.69 Å². The summed E-state index contributed by atoms with van der Waals surface area (Å²) in [7, 11) is 0. The second-order valence-corrected chi connectivity index (χ2v) is 5.15. The Labute approximate surface area is 118 Å². The lowest BCUT2D eigenvalue weighted by Gasteiger charge is -2.10. The third-order valence-electron chi connectivity index (χ3n) is 3.30. The Kier molecular flexibility index (Phi) is 4.55. The van der Waals surface area contributed by atoms with Gasteiger partial charge in [0.25, 0.3) is 5.91 Å². The second-order valence-electron chi connectivity index (χ2n) is 5.15. The Morgan fingerprint density at radius 2 is 2.10 bits per heavy atom. The number of allylic oxidation sites excluding steroid dienone is 2. The van der Waals surface area contributed by atoms with Crippen molar-refractivity contribution in [3.8, 4) is 0 Å². The molecule has 108 valence electrons. The van der Waals surface area contributed by atoms with E-state index < -0.39 is 0 Å². The number of aromatic nitrogens is 2. The molecule has 1 atom stereocenters. The summed E-state index contributed by atoms with van der Waals surface area (Å²) in [6, 6.07) is 1.90. The molecule has 1 aliphatic carbocycles. The molecule has 0 aliphatic heterocycles. The largest absolute Gasteiger partial charge is 0.273 e. The highest BCUT2D eigenvalue weighted by molar-refractivity contribution is 5.82. The van der Waals surface area contributed by atoms with E-state index in [4.69, 9.17) is 0 Å². The molecule has 1 heterocycles. The van der Waals surface area contributed by atoms with Crippen LogP contribution < -0.4 is 10.9 Å². The first-order valence-electron chi connectivity index (χ1n) is 6.80. The summed E-state index contributed by atoms with van der Waals surface area (Å²) in [5.74, 6) is -0.155. The van der Waals surface area contributed by atoms with Gasteiger partial charge >= 0.3 is 0 Å². The van der Waals surface area contributed by atoms with Gasteiger partial charge in [0, 0.05) is 12.1 Å². The average molecular weight is 276 g/mol. The Morgan fingerprint density at radius 3 is 2.70 bits per heavy atom. The van der Waals surface area contributed by atoms with Crippen LogP contribution in [0.2, 0.25) is 0 Å². The molecule has 20 heavy (non-hydrogen) atoms. The SMILES string of the molecule is Cc1cc(C)n(CC(=O)NNC(=O)C[C@@H]2C=CCC2)n1. The van der Waals surface area contributed by atoms with Gasteiger partial charge in [-0.15, -0.1) is 0 Å². The average Bonchev–Trinajstić information content (AvgIpc) is 2.98. The zero-order valence-corrected chi connectivity index (χ0v) is 11.8. The minimum atomic E-state index is -0.286. The minimum Gasteiger partial charge on any atom is -0.273 e. The molecule has 0 bridgehead atoms. The molecule has 2 N–H and O–H groups in total. The van der Waals surface area contributed by atoms with E-state index in [0.29, 0.717) is 12.3 Å². The van der Waals surface area contributed by atoms with Crippen molar-refractivity contribution in [1.82, 2.24) is 20.6 Å². The van der Waals surface area contributed by atoms with Crippen molar-refractivity contribution in [2.75, 3.05) is 0 Å². The molecule has 0 radical (unpaired) electrons. The van der Waals surface area contributed by atoms with Gasteiger partial charge in [0.1, 0.15) is 6.54 Å². The molecular weight excluding hydrogens is 256 g/mol. The molecule has 1 aliphatic rings. The maximum atomic E-state index is 11.7. The fourth-order valence-corrected chi connectivity index (χ4v) is 2.30. The van der Waals surface area contributed by atoms with Crippen LogP contribution >= 0.6 is 0 Å². The van der Waals surface area contributed by atoms with E-state index >= 15 is 0 Å². The lowest BCUT2D eigenvalue weighted by atomic mass is 10.1. The van der Waals surface area contributed by atoms with Gasteiger partial charge in [-0.25, -0.2) is 0 Å². The summed E-state index contributed by atoms with van der Waals surface area (Å²) in [5, 5.41) is 4.19. The van der Waals surface area contributed by atoms with Gasteiger partial charge in [-0.3, -0.25) is 25.1 Å². The molecule has 1 aromatic heterocycles. The summed E-state index contributed by atoms with van der Waals surface area (Å²) in [6.45, 7) is 3.86. The van der Waals surface area contributed by atoms with Crippen LogP contribution in [0.25, 0.3) is 0 Å². The highest BCUT2D eigenvalue weighted by atomic mass is 16.2. The smallest absolute Gasteiger partial charge is 0.260 e. The second kappa shape index (κ2) is 6.36. The summed E-state index contributed by atoms with van der Waals surface area (Å²) >= 11 is 0. The lowest BCUT2D eigenvalue weighted by molar-refractivity contribution is -0.129. The van der Waals surface area contributed by atoms with Gasteiger partial charge in [0.15, 0.2) is 0 Å². The molecule has 0 aromatic carbocycles. The van der Waals surface area contributed by atoms with E-state index in [1.54, 1.807) is 4.68 Å². The minimum absolute atomic E-state index is 0.100. The maximum Gasteiger partial charge on any atom is 0.260 e. The Bertz CT molecular complexity index is 533. The summed E-state index contributed by atoms with van der Waals surface area (Å²) < 4.78 is 1.61. The summed E-state index contributed by atoms with van der Waals surface area (Å²) in [6.07, 6.45) is 6.59. The molecular formula is C14H20N4O2. The number of amides is 2. The van der Waals surface area contributed by atoms with Gasteiger partial charge in [0.2, 0.25) is 5.91 Å². The van der Waals surface area contributed by atoms with Crippen LogP contribution in [0.1, 0.15) is 30.7 Å². The molecule has 0 fully saturated rings. The van der Waals surface area contributed by atoms with Crippen molar-refractivity contribution < 1.29 is 9.59 Å². The van der Waals surface area contributed by atoms with E-state index in [1.165, 1.54) is 0 Å². The van der Waals surface area contributed by atoms with E-state index in [-0.39, 0.29) is 18.4 Å². The van der Waals surface area contributed by atoms with E-state index in [0.717, 1.165) is 24.2 Å². The topological polar surface area (TPSA) is 76.0 Å². The van der Waals surface area contributed by atoms with Crippen molar-refractivity contribution in [2.45, 2.75) is 39.7 Å². The predicted molar refractivity (Wildman–Crippen MR) is 74.5 cm³/mol. The quantitative estimate of drug-likeness (QED) is 0.636. The number of nitrogens with one attached hydrogen (secondary N) is 2.